The Kier molecular flexibility index (Phi) is 5.62. The van der Waals surface area contributed by atoms with Crippen LogP contribution in [0.3, 0.4) is 0 Å². The van der Waals surface area contributed by atoms with Gasteiger partial charge in [0.15, 0.2) is 0 Å². The Morgan fingerprint density at radius 3 is 2.23 bits per heavy atom. The van der Waals surface area contributed by atoms with Crippen molar-refractivity contribution in [3.8, 4) is 0 Å². The molecule has 0 aromatic heterocycles. The van der Waals surface area contributed by atoms with E-state index in [0.29, 0.717) is 15.6 Å². The average molecular weight is 451 g/mol. The van der Waals surface area contributed by atoms with Crippen LogP contribution in [0.1, 0.15) is 34.6 Å². The SMILES string of the molecule is COC(=O)c1ccc(NC(=O)c2ccc(Cl)c(N3C(=O)C(C)(C)CS3(=O)=O)c2)cc1. The van der Waals surface area contributed by atoms with Crippen LogP contribution in [-0.2, 0) is 19.6 Å². The number of nitrogens with zero attached hydrogens (tertiary/aromatic N) is 1. The maximum Gasteiger partial charge on any atom is 0.337 e. The van der Waals surface area contributed by atoms with Gasteiger partial charge < -0.3 is 10.1 Å². The first-order chi connectivity index (χ1) is 14.0. The fourth-order valence-corrected chi connectivity index (χ4v) is 5.43. The molecule has 1 fully saturated rings. The Morgan fingerprint density at radius 2 is 1.70 bits per heavy atom. The number of sulfonamides is 1. The number of anilines is 2. The van der Waals surface area contributed by atoms with E-state index in [-0.39, 0.29) is 22.0 Å². The highest BCUT2D eigenvalue weighted by molar-refractivity contribution is 7.94. The molecule has 1 N–H and O–H groups in total. The monoisotopic (exact) mass is 450 g/mol. The fourth-order valence-electron chi connectivity index (χ4n) is 3.06. The van der Waals surface area contributed by atoms with Gasteiger partial charge in [0.05, 0.1) is 34.6 Å². The van der Waals surface area contributed by atoms with Crippen LogP contribution in [0.15, 0.2) is 42.5 Å². The summed E-state index contributed by atoms with van der Waals surface area (Å²) in [7, 11) is -2.65. The van der Waals surface area contributed by atoms with Crippen molar-refractivity contribution in [2.24, 2.45) is 5.41 Å². The van der Waals surface area contributed by atoms with Gasteiger partial charge in [0, 0.05) is 11.3 Å². The number of hydrogen-bond acceptors (Lipinski definition) is 6. The molecule has 2 aromatic carbocycles. The lowest BCUT2D eigenvalue weighted by molar-refractivity contribution is -0.123. The summed E-state index contributed by atoms with van der Waals surface area (Å²) >= 11 is 6.15. The quantitative estimate of drug-likeness (QED) is 0.717. The zero-order chi connectivity index (χ0) is 22.3. The van der Waals surface area contributed by atoms with Crippen LogP contribution < -0.4 is 9.62 Å². The third-order valence-electron chi connectivity index (χ3n) is 4.58. The number of carbonyl (C=O) groups is 3. The summed E-state index contributed by atoms with van der Waals surface area (Å²) in [6.45, 7) is 3.07. The predicted octanol–water partition coefficient (Wildman–Crippen LogP) is 3.08. The average Bonchev–Trinajstić information content (AvgIpc) is 2.84. The molecule has 0 unspecified atom stereocenters. The maximum atomic E-state index is 12.6. The van der Waals surface area contributed by atoms with Crippen LogP contribution in [0.5, 0.6) is 0 Å². The molecule has 0 saturated carbocycles. The van der Waals surface area contributed by atoms with Crippen molar-refractivity contribution in [3.05, 3.63) is 58.6 Å². The van der Waals surface area contributed by atoms with Crippen LogP contribution in [0.4, 0.5) is 11.4 Å². The van der Waals surface area contributed by atoms with Gasteiger partial charge in [-0.05, 0) is 56.3 Å². The third kappa shape index (κ3) is 4.03. The van der Waals surface area contributed by atoms with Gasteiger partial charge in [-0.15, -0.1) is 0 Å². The Morgan fingerprint density at radius 1 is 1.10 bits per heavy atom. The summed E-state index contributed by atoms with van der Waals surface area (Å²) < 4.78 is 30.3. The number of hydrogen-bond donors (Lipinski definition) is 1. The molecule has 2 amide bonds. The van der Waals surface area contributed by atoms with Crippen LogP contribution in [0.25, 0.3) is 0 Å². The van der Waals surface area contributed by atoms with Gasteiger partial charge in [-0.3, -0.25) is 9.59 Å². The van der Waals surface area contributed by atoms with E-state index < -0.39 is 33.2 Å². The van der Waals surface area contributed by atoms with E-state index in [1.165, 1.54) is 63.4 Å². The van der Waals surface area contributed by atoms with Crippen molar-refractivity contribution in [3.63, 3.8) is 0 Å². The zero-order valence-corrected chi connectivity index (χ0v) is 18.0. The van der Waals surface area contributed by atoms with Gasteiger partial charge in [0.2, 0.25) is 15.9 Å². The normalized spacial score (nSPS) is 16.9. The molecule has 2 aromatic rings. The molecule has 1 aliphatic heterocycles. The van der Waals surface area contributed by atoms with Gasteiger partial charge in [0.25, 0.3) is 5.91 Å². The van der Waals surface area contributed by atoms with E-state index in [0.717, 1.165) is 0 Å². The van der Waals surface area contributed by atoms with Crippen molar-refractivity contribution in [2.45, 2.75) is 13.8 Å². The highest BCUT2D eigenvalue weighted by Crippen LogP contribution is 2.39. The molecule has 0 spiro atoms. The molecular weight excluding hydrogens is 432 g/mol. The molecule has 0 aliphatic carbocycles. The minimum atomic E-state index is -3.91. The Labute approximate surface area is 178 Å². The number of benzene rings is 2. The highest BCUT2D eigenvalue weighted by Gasteiger charge is 2.50. The molecule has 0 atom stereocenters. The molecule has 0 bridgehead atoms. The van der Waals surface area contributed by atoms with Crippen LogP contribution >= 0.6 is 11.6 Å². The number of halogens is 1. The first-order valence-electron chi connectivity index (χ1n) is 8.83. The number of esters is 1. The van der Waals surface area contributed by atoms with Crippen molar-refractivity contribution in [2.75, 3.05) is 22.5 Å². The summed E-state index contributed by atoms with van der Waals surface area (Å²) in [6, 6.07) is 10.1. The van der Waals surface area contributed by atoms with Crippen molar-refractivity contribution in [1.82, 2.24) is 0 Å². The Bertz CT molecular complexity index is 1140. The molecule has 3 rings (SSSR count). The summed E-state index contributed by atoms with van der Waals surface area (Å²) in [5.41, 5.74) is -0.318. The standard InChI is InChI=1S/C20H19ClN2O6S/c1-20(2)11-30(27,28)23(19(20)26)16-10-13(6-9-15(16)21)17(24)22-14-7-4-12(5-8-14)18(25)29-3/h4-10H,11H2,1-3H3,(H,22,24). The predicted molar refractivity (Wildman–Crippen MR) is 112 cm³/mol. The van der Waals surface area contributed by atoms with E-state index in [1.807, 2.05) is 0 Å². The molecular formula is C20H19ClN2O6S. The summed E-state index contributed by atoms with van der Waals surface area (Å²) in [6.07, 6.45) is 0. The van der Waals surface area contributed by atoms with Crippen LogP contribution in [0, 0.1) is 5.41 Å². The van der Waals surface area contributed by atoms with E-state index in [4.69, 9.17) is 11.6 Å². The Balaban J connectivity index is 1.89. The van der Waals surface area contributed by atoms with E-state index in [1.54, 1.807) is 0 Å². The lowest BCUT2D eigenvalue weighted by Crippen LogP contribution is -2.33. The fraction of sp³-hybridized carbons (Fsp3) is 0.250. The van der Waals surface area contributed by atoms with Crippen LogP contribution in [-0.4, -0.2) is 39.1 Å². The second kappa shape index (κ2) is 7.73. The molecule has 1 heterocycles. The van der Waals surface area contributed by atoms with Crippen molar-refractivity contribution < 1.29 is 27.5 Å². The topological polar surface area (TPSA) is 110 Å². The second-order valence-corrected chi connectivity index (χ2v) is 9.62. The van der Waals surface area contributed by atoms with Gasteiger partial charge in [0.1, 0.15) is 0 Å². The zero-order valence-electron chi connectivity index (χ0n) is 16.4. The van der Waals surface area contributed by atoms with E-state index in [9.17, 15) is 22.8 Å². The Hall–Kier alpha value is -2.91. The number of carbonyl (C=O) groups excluding carboxylic acids is 3. The summed E-state index contributed by atoms with van der Waals surface area (Å²) in [5, 5.41) is 2.67. The van der Waals surface area contributed by atoms with Gasteiger partial charge in [-0.25, -0.2) is 17.5 Å². The van der Waals surface area contributed by atoms with Crippen molar-refractivity contribution in [1.29, 1.82) is 0 Å². The maximum absolute atomic E-state index is 12.6. The summed E-state index contributed by atoms with van der Waals surface area (Å²) in [5.74, 6) is -2.00. The highest BCUT2D eigenvalue weighted by atomic mass is 35.5. The molecule has 30 heavy (non-hydrogen) atoms. The first-order valence-corrected chi connectivity index (χ1v) is 10.8. The second-order valence-electron chi connectivity index (χ2n) is 7.40. The molecule has 8 nitrogen and oxygen atoms in total. The summed E-state index contributed by atoms with van der Waals surface area (Å²) in [4.78, 5) is 36.8. The lowest BCUT2D eigenvalue weighted by Gasteiger charge is -2.19. The largest absolute Gasteiger partial charge is 0.465 e. The van der Waals surface area contributed by atoms with Crippen LogP contribution in [0.2, 0.25) is 5.02 Å². The minimum absolute atomic E-state index is 0.0311. The molecule has 1 saturated heterocycles. The molecule has 158 valence electrons. The number of ether oxygens (including phenoxy) is 1. The first kappa shape index (κ1) is 21.8. The number of rotatable bonds is 4. The van der Waals surface area contributed by atoms with E-state index in [2.05, 4.69) is 10.1 Å². The molecule has 1 aliphatic rings. The van der Waals surface area contributed by atoms with Gasteiger partial charge >= 0.3 is 5.97 Å². The molecule has 10 heteroatoms. The van der Waals surface area contributed by atoms with Gasteiger partial charge in [-0.2, -0.15) is 0 Å². The lowest BCUT2D eigenvalue weighted by atomic mass is 9.95. The smallest absolute Gasteiger partial charge is 0.337 e. The number of methoxy groups -OCH3 is 1. The van der Waals surface area contributed by atoms with Crippen molar-refractivity contribution >= 4 is 50.8 Å². The molecule has 0 radical (unpaired) electrons. The number of nitrogens with one attached hydrogen (secondary N) is 1. The van der Waals surface area contributed by atoms with Gasteiger partial charge in [-0.1, -0.05) is 11.6 Å². The number of amides is 2. The van der Waals surface area contributed by atoms with E-state index >= 15 is 0 Å². The minimum Gasteiger partial charge on any atom is -0.465 e. The third-order valence-corrected chi connectivity index (χ3v) is 6.90.